The number of carbonyl (C=O) groups is 3. The Kier molecular flexibility index (Phi) is 19.3. The number of para-hydroxylation sites is 2. The molecule has 2 aromatic rings. The summed E-state index contributed by atoms with van der Waals surface area (Å²) in [6.07, 6.45) is 0. The number of benzene rings is 2. The van der Waals surface area contributed by atoms with Crippen LogP contribution in [-0.2, 0) is 24.3 Å². The van der Waals surface area contributed by atoms with Crippen LogP contribution in [0.4, 0.5) is 0 Å². The number of quaternary nitrogens is 2. The molecule has 31 heavy (non-hydrogen) atoms. The number of aliphatic hydroxyl groups is 1. The van der Waals surface area contributed by atoms with Gasteiger partial charge in [0.25, 0.3) is 0 Å². The van der Waals surface area contributed by atoms with Crippen LogP contribution in [0, 0.1) is 0 Å². The van der Waals surface area contributed by atoms with E-state index in [2.05, 4.69) is 18.0 Å². The Balaban J connectivity index is -0.000000353. The number of aliphatic hydroxyl groups excluding tert-OH is 1. The van der Waals surface area contributed by atoms with Crippen LogP contribution < -0.4 is 21.7 Å². The smallest absolute Gasteiger partial charge is 0.359 e. The van der Waals surface area contributed by atoms with E-state index in [0.29, 0.717) is 6.54 Å². The SMILES string of the molecule is C=C(O)C[NH3+].O=C(O)c1ccccc1[O-].O=C(O)c1ccccc1[O-].[NH3+]CC(=O)O.[Zn]. The van der Waals surface area contributed by atoms with E-state index in [1.807, 2.05) is 0 Å². The molecular weight excluding hydrogens is 466 g/mol. The molecule has 0 bridgehead atoms. The molecule has 2 rings (SSSR count). The Morgan fingerprint density at radius 2 is 1.00 bits per heavy atom. The molecule has 0 heterocycles. The van der Waals surface area contributed by atoms with Crippen molar-refractivity contribution < 1.29 is 76.0 Å². The van der Waals surface area contributed by atoms with Gasteiger partial charge in [0, 0.05) is 19.5 Å². The molecular formula is C19H24N2O9Zn. The first kappa shape index (κ1) is 32.2. The van der Waals surface area contributed by atoms with E-state index in [9.17, 15) is 24.6 Å². The van der Waals surface area contributed by atoms with E-state index in [-0.39, 0.29) is 42.9 Å². The third kappa shape index (κ3) is 17.1. The maximum absolute atomic E-state index is 10.7. The average Bonchev–Trinajstić information content (AvgIpc) is 2.69. The van der Waals surface area contributed by atoms with E-state index in [1.165, 1.54) is 48.5 Å². The van der Waals surface area contributed by atoms with Crippen molar-refractivity contribution in [1.29, 1.82) is 0 Å². The monoisotopic (exact) mass is 488 g/mol. The fraction of sp³-hybridized carbons (Fsp3) is 0.105. The first-order valence-electron chi connectivity index (χ1n) is 8.13. The minimum absolute atomic E-state index is 0. The Morgan fingerprint density at radius 1 is 0.742 bits per heavy atom. The molecule has 0 amide bonds. The van der Waals surface area contributed by atoms with E-state index < -0.39 is 29.4 Å². The van der Waals surface area contributed by atoms with Gasteiger partial charge in [-0.15, -0.1) is 0 Å². The molecule has 0 aromatic heterocycles. The molecule has 2 aromatic carbocycles. The van der Waals surface area contributed by atoms with Gasteiger partial charge in [0.2, 0.25) is 0 Å². The van der Waals surface area contributed by atoms with Gasteiger partial charge in [-0.05, 0) is 12.1 Å². The minimum atomic E-state index is -1.18. The number of hydrogen-bond donors (Lipinski definition) is 6. The summed E-state index contributed by atoms with van der Waals surface area (Å²) >= 11 is 0. The fourth-order valence-electron chi connectivity index (χ4n) is 1.29. The predicted octanol–water partition coefficient (Wildman–Crippen LogP) is -1.47. The van der Waals surface area contributed by atoms with E-state index in [1.54, 1.807) is 0 Å². The molecule has 0 radical (unpaired) electrons. The van der Waals surface area contributed by atoms with Crippen molar-refractivity contribution in [3.63, 3.8) is 0 Å². The summed E-state index contributed by atoms with van der Waals surface area (Å²) in [4.78, 5) is 29.7. The Bertz CT molecular complexity index is 775. The molecule has 0 atom stereocenters. The van der Waals surface area contributed by atoms with Crippen molar-refractivity contribution in [3.05, 3.63) is 72.0 Å². The van der Waals surface area contributed by atoms with Crippen molar-refractivity contribution in [2.45, 2.75) is 0 Å². The normalized spacial score (nSPS) is 8.32. The quantitative estimate of drug-likeness (QED) is 0.217. The van der Waals surface area contributed by atoms with Gasteiger partial charge in [0.05, 0.1) is 11.1 Å². The van der Waals surface area contributed by atoms with Crippen molar-refractivity contribution in [3.8, 4) is 11.5 Å². The summed E-state index contributed by atoms with van der Waals surface area (Å²) in [5.41, 5.74) is 6.06. The summed E-state index contributed by atoms with van der Waals surface area (Å²) in [7, 11) is 0. The molecule has 0 aliphatic rings. The van der Waals surface area contributed by atoms with Gasteiger partial charge in [-0.2, -0.15) is 0 Å². The third-order valence-corrected chi connectivity index (χ3v) is 2.74. The van der Waals surface area contributed by atoms with Crippen LogP contribution in [-0.4, -0.2) is 51.4 Å². The Morgan fingerprint density at radius 3 is 1.13 bits per heavy atom. The summed E-state index contributed by atoms with van der Waals surface area (Å²) in [5, 5.41) is 53.9. The zero-order valence-corrected chi connectivity index (χ0v) is 19.7. The van der Waals surface area contributed by atoms with Gasteiger partial charge in [-0.3, -0.25) is 0 Å². The van der Waals surface area contributed by atoms with E-state index in [0.717, 1.165) is 0 Å². The molecule has 0 spiro atoms. The van der Waals surface area contributed by atoms with Crippen LogP contribution in [0.1, 0.15) is 20.7 Å². The topological polar surface area (TPSA) is 234 Å². The maximum Gasteiger partial charge on any atom is 0.359 e. The van der Waals surface area contributed by atoms with Crippen molar-refractivity contribution in [2.75, 3.05) is 13.1 Å². The average molecular weight is 490 g/mol. The second kappa shape index (κ2) is 18.6. The van der Waals surface area contributed by atoms with Gasteiger partial charge in [0.1, 0.15) is 12.3 Å². The summed E-state index contributed by atoms with van der Waals surface area (Å²) < 4.78 is 0. The fourth-order valence-corrected chi connectivity index (χ4v) is 1.29. The largest absolute Gasteiger partial charge is 0.872 e. The maximum atomic E-state index is 10.7. The standard InChI is InChI=1S/2C7H6O3.C3H7NO.C2H5NO2.Zn/c2*8-6-4-2-1-3-5(6)7(9)10;1-3(5)2-4;3-1-2(4)5;/h2*1-4,8H,(H,9,10);5H,1-2,4H2;1,3H2,(H,4,5);. The number of carboxylic acids is 3. The minimum Gasteiger partial charge on any atom is -0.872 e. The molecule has 0 unspecified atom stereocenters. The molecule has 10 N–H and O–H groups in total. The molecule has 166 valence electrons. The molecule has 0 saturated heterocycles. The van der Waals surface area contributed by atoms with Gasteiger partial charge in [-0.1, -0.05) is 54.5 Å². The summed E-state index contributed by atoms with van der Waals surface area (Å²) in [5.74, 6) is -3.96. The number of rotatable bonds is 4. The van der Waals surface area contributed by atoms with Crippen LogP contribution in [0.15, 0.2) is 60.9 Å². The molecule has 0 saturated carbocycles. The van der Waals surface area contributed by atoms with E-state index in [4.69, 9.17) is 20.4 Å². The Hall–Kier alpha value is -3.47. The number of hydrogen-bond acceptors (Lipinski definition) is 6. The van der Waals surface area contributed by atoms with Gasteiger partial charge >= 0.3 is 17.9 Å². The van der Waals surface area contributed by atoms with Gasteiger partial charge in [-0.25, -0.2) is 14.4 Å². The molecule has 11 nitrogen and oxygen atoms in total. The summed E-state index contributed by atoms with van der Waals surface area (Å²) in [6.45, 7) is 3.56. The van der Waals surface area contributed by atoms with Crippen LogP contribution in [0.3, 0.4) is 0 Å². The summed E-state index contributed by atoms with van der Waals surface area (Å²) in [6, 6.07) is 11.1. The molecule has 0 aliphatic carbocycles. The molecule has 0 fully saturated rings. The second-order valence-corrected chi connectivity index (χ2v) is 5.06. The number of carboxylic acid groups (broad SMARTS) is 3. The zero-order valence-electron chi connectivity index (χ0n) is 16.7. The number of aromatic carboxylic acids is 2. The van der Waals surface area contributed by atoms with Gasteiger partial charge < -0.3 is 42.1 Å². The van der Waals surface area contributed by atoms with Crippen LogP contribution in [0.2, 0.25) is 0 Å². The molecule has 0 aliphatic heterocycles. The zero-order chi connectivity index (χ0) is 23.7. The first-order valence-corrected chi connectivity index (χ1v) is 8.13. The second-order valence-electron chi connectivity index (χ2n) is 5.06. The van der Waals surface area contributed by atoms with Crippen LogP contribution in [0.25, 0.3) is 0 Å². The predicted molar refractivity (Wildman–Crippen MR) is 101 cm³/mol. The van der Waals surface area contributed by atoms with E-state index >= 15 is 0 Å². The van der Waals surface area contributed by atoms with Crippen LogP contribution in [0.5, 0.6) is 11.5 Å². The third-order valence-electron chi connectivity index (χ3n) is 2.74. The first-order chi connectivity index (χ1) is 14.0. The van der Waals surface area contributed by atoms with Crippen molar-refractivity contribution >= 4 is 17.9 Å². The van der Waals surface area contributed by atoms with Crippen LogP contribution >= 0.6 is 0 Å². The van der Waals surface area contributed by atoms with Crippen molar-refractivity contribution in [2.24, 2.45) is 0 Å². The Labute approximate surface area is 190 Å². The number of aliphatic carboxylic acids is 1. The molecule has 12 heteroatoms. The van der Waals surface area contributed by atoms with Gasteiger partial charge in [0.15, 0.2) is 6.54 Å². The van der Waals surface area contributed by atoms with Crippen molar-refractivity contribution in [1.82, 2.24) is 0 Å².